The average molecular weight is 397 g/mol. The van der Waals surface area contributed by atoms with Gasteiger partial charge >= 0.3 is 0 Å². The Kier molecular flexibility index (Phi) is 6.68. The zero-order chi connectivity index (χ0) is 20.9. The van der Waals surface area contributed by atoms with Crippen LogP contribution in [0.2, 0.25) is 0 Å². The monoisotopic (exact) mass is 396 g/mol. The van der Waals surface area contributed by atoms with E-state index >= 15 is 0 Å². The van der Waals surface area contributed by atoms with Gasteiger partial charge in [-0.25, -0.2) is 0 Å². The van der Waals surface area contributed by atoms with E-state index in [-0.39, 0.29) is 17.9 Å². The Labute approximate surface area is 174 Å². The minimum absolute atomic E-state index is 0.0286. The van der Waals surface area contributed by atoms with Gasteiger partial charge in [0.05, 0.1) is 12.3 Å². The summed E-state index contributed by atoms with van der Waals surface area (Å²) in [6.45, 7) is 12.1. The highest BCUT2D eigenvalue weighted by Crippen LogP contribution is 2.31. The maximum atomic E-state index is 12.7. The van der Waals surface area contributed by atoms with Crippen LogP contribution in [-0.2, 0) is 10.2 Å². The van der Waals surface area contributed by atoms with Crippen LogP contribution in [0.25, 0.3) is 0 Å². The number of carbonyl (C=O) groups is 1. The number of nitrogens with zero attached hydrogens (tertiary/aromatic N) is 2. The molecule has 29 heavy (non-hydrogen) atoms. The van der Waals surface area contributed by atoms with Gasteiger partial charge in [0.25, 0.3) is 5.91 Å². The fraction of sp³-hybridized carbons (Fsp3) is 0.458. The molecular weight excluding hydrogens is 364 g/mol. The second-order valence-electron chi connectivity index (χ2n) is 8.30. The van der Waals surface area contributed by atoms with Crippen molar-refractivity contribution in [2.24, 2.45) is 0 Å². The molecule has 5 nitrogen and oxygen atoms in total. The molecule has 0 spiro atoms. The van der Waals surface area contributed by atoms with Crippen LogP contribution in [0, 0.1) is 0 Å². The molecule has 1 amide bonds. The first kappa shape index (κ1) is 21.0. The van der Waals surface area contributed by atoms with Crippen LogP contribution in [0.1, 0.15) is 33.3 Å². The standard InChI is InChI=1S/C24H32N2O3/c1-5-28-22-13-9-7-11-20(22)25-14-16-26(17-15-25)23(27)18-29-21-12-8-6-10-19(21)24(2,3)4/h6-13H,5,14-18H2,1-4H3. The Bertz CT molecular complexity index is 821. The summed E-state index contributed by atoms with van der Waals surface area (Å²) in [5.41, 5.74) is 2.18. The number of carbonyl (C=O) groups excluding carboxylic acids is 1. The van der Waals surface area contributed by atoms with Crippen molar-refractivity contribution in [3.8, 4) is 11.5 Å². The van der Waals surface area contributed by atoms with Crippen LogP contribution in [0.15, 0.2) is 48.5 Å². The molecule has 0 aliphatic carbocycles. The topological polar surface area (TPSA) is 42.0 Å². The van der Waals surface area contributed by atoms with Crippen molar-refractivity contribution in [2.45, 2.75) is 33.1 Å². The summed E-state index contributed by atoms with van der Waals surface area (Å²) in [7, 11) is 0. The molecule has 1 fully saturated rings. The van der Waals surface area contributed by atoms with Crippen LogP contribution in [0.5, 0.6) is 11.5 Å². The smallest absolute Gasteiger partial charge is 0.260 e. The second kappa shape index (κ2) is 9.21. The van der Waals surface area contributed by atoms with E-state index < -0.39 is 0 Å². The number of rotatable bonds is 6. The van der Waals surface area contributed by atoms with Crippen LogP contribution in [-0.4, -0.2) is 50.2 Å². The highest BCUT2D eigenvalue weighted by atomic mass is 16.5. The molecule has 1 heterocycles. The zero-order valence-electron chi connectivity index (χ0n) is 18.0. The predicted molar refractivity (Wildman–Crippen MR) is 117 cm³/mol. The molecule has 5 heteroatoms. The van der Waals surface area contributed by atoms with Crippen molar-refractivity contribution in [1.82, 2.24) is 4.90 Å². The molecule has 156 valence electrons. The second-order valence-corrected chi connectivity index (χ2v) is 8.30. The van der Waals surface area contributed by atoms with E-state index in [1.54, 1.807) is 0 Å². The van der Waals surface area contributed by atoms with E-state index in [4.69, 9.17) is 9.47 Å². The largest absolute Gasteiger partial charge is 0.492 e. The Hall–Kier alpha value is -2.69. The molecule has 2 aromatic rings. The lowest BCUT2D eigenvalue weighted by Gasteiger charge is -2.36. The van der Waals surface area contributed by atoms with Crippen LogP contribution in [0.4, 0.5) is 5.69 Å². The summed E-state index contributed by atoms with van der Waals surface area (Å²) >= 11 is 0. The molecule has 3 rings (SSSR count). The molecule has 0 radical (unpaired) electrons. The van der Waals surface area contributed by atoms with E-state index in [1.807, 2.05) is 48.2 Å². The molecule has 1 aliphatic heterocycles. The molecular formula is C24H32N2O3. The van der Waals surface area contributed by atoms with Crippen LogP contribution in [0.3, 0.4) is 0 Å². The maximum Gasteiger partial charge on any atom is 0.260 e. The summed E-state index contributed by atoms with van der Waals surface area (Å²) in [5, 5.41) is 0. The van der Waals surface area contributed by atoms with Crippen LogP contribution < -0.4 is 14.4 Å². The quantitative estimate of drug-likeness (QED) is 0.737. The molecule has 0 bridgehead atoms. The van der Waals surface area contributed by atoms with Crippen molar-refractivity contribution in [3.05, 3.63) is 54.1 Å². The van der Waals surface area contributed by atoms with E-state index in [1.165, 1.54) is 0 Å². The SMILES string of the molecule is CCOc1ccccc1N1CCN(C(=O)COc2ccccc2C(C)(C)C)CC1. The lowest BCUT2D eigenvalue weighted by atomic mass is 9.86. The first-order valence-corrected chi connectivity index (χ1v) is 10.4. The van der Waals surface area contributed by atoms with Gasteiger partial charge in [-0.1, -0.05) is 51.1 Å². The van der Waals surface area contributed by atoms with Gasteiger partial charge in [-0.3, -0.25) is 4.79 Å². The molecule has 0 aromatic heterocycles. The van der Waals surface area contributed by atoms with Gasteiger partial charge in [0.2, 0.25) is 0 Å². The third kappa shape index (κ3) is 5.22. The van der Waals surface area contributed by atoms with E-state index in [2.05, 4.69) is 37.8 Å². The average Bonchev–Trinajstić information content (AvgIpc) is 2.72. The number of anilines is 1. The molecule has 0 unspecified atom stereocenters. The van der Waals surface area contributed by atoms with Gasteiger partial charge in [-0.15, -0.1) is 0 Å². The summed E-state index contributed by atoms with van der Waals surface area (Å²) in [6.07, 6.45) is 0. The number of amides is 1. The summed E-state index contributed by atoms with van der Waals surface area (Å²) in [4.78, 5) is 16.9. The number of ether oxygens (including phenoxy) is 2. The Balaban J connectivity index is 1.56. The van der Waals surface area contributed by atoms with Crippen LogP contribution >= 0.6 is 0 Å². The van der Waals surface area contributed by atoms with Gasteiger partial charge < -0.3 is 19.3 Å². The number of piperazine rings is 1. The number of hydrogen-bond donors (Lipinski definition) is 0. The molecule has 1 saturated heterocycles. The Morgan fingerprint density at radius 1 is 0.897 bits per heavy atom. The van der Waals surface area contributed by atoms with E-state index in [0.29, 0.717) is 19.7 Å². The van der Waals surface area contributed by atoms with Crippen molar-refractivity contribution in [1.29, 1.82) is 0 Å². The van der Waals surface area contributed by atoms with Gasteiger partial charge in [-0.05, 0) is 36.1 Å². The minimum atomic E-state index is -0.0286. The van der Waals surface area contributed by atoms with Gasteiger partial charge in [-0.2, -0.15) is 0 Å². The molecule has 0 atom stereocenters. The van der Waals surface area contributed by atoms with Crippen molar-refractivity contribution in [2.75, 3.05) is 44.3 Å². The summed E-state index contributed by atoms with van der Waals surface area (Å²) in [6, 6.07) is 16.0. The van der Waals surface area contributed by atoms with E-state index in [9.17, 15) is 4.79 Å². The van der Waals surface area contributed by atoms with E-state index in [0.717, 1.165) is 35.8 Å². The first-order chi connectivity index (χ1) is 13.9. The normalized spacial score (nSPS) is 14.6. The molecule has 1 aliphatic rings. The third-order valence-corrected chi connectivity index (χ3v) is 5.18. The first-order valence-electron chi connectivity index (χ1n) is 10.4. The third-order valence-electron chi connectivity index (χ3n) is 5.18. The van der Waals surface area contributed by atoms with Crippen molar-refractivity contribution >= 4 is 11.6 Å². The zero-order valence-corrected chi connectivity index (χ0v) is 18.0. The van der Waals surface area contributed by atoms with Crippen molar-refractivity contribution < 1.29 is 14.3 Å². The highest BCUT2D eigenvalue weighted by Gasteiger charge is 2.24. The van der Waals surface area contributed by atoms with Crippen molar-refractivity contribution in [3.63, 3.8) is 0 Å². The lowest BCUT2D eigenvalue weighted by molar-refractivity contribution is -0.133. The molecule has 0 saturated carbocycles. The van der Waals surface area contributed by atoms with Gasteiger partial charge in [0.15, 0.2) is 6.61 Å². The van der Waals surface area contributed by atoms with Gasteiger partial charge in [0.1, 0.15) is 11.5 Å². The Morgan fingerprint density at radius 3 is 2.17 bits per heavy atom. The highest BCUT2D eigenvalue weighted by molar-refractivity contribution is 5.78. The number of hydrogen-bond acceptors (Lipinski definition) is 4. The minimum Gasteiger partial charge on any atom is -0.492 e. The summed E-state index contributed by atoms with van der Waals surface area (Å²) in [5.74, 6) is 1.72. The number of para-hydroxylation sites is 3. The summed E-state index contributed by atoms with van der Waals surface area (Å²) < 4.78 is 11.7. The molecule has 0 N–H and O–H groups in total. The predicted octanol–water partition coefficient (Wildman–Crippen LogP) is 4.11. The van der Waals surface area contributed by atoms with Gasteiger partial charge in [0, 0.05) is 26.2 Å². The lowest BCUT2D eigenvalue weighted by Crippen LogP contribution is -2.50. The molecule has 2 aromatic carbocycles. The Morgan fingerprint density at radius 2 is 1.52 bits per heavy atom. The number of benzene rings is 2. The fourth-order valence-electron chi connectivity index (χ4n) is 3.64. The fourth-order valence-corrected chi connectivity index (χ4v) is 3.64. The maximum absolute atomic E-state index is 12.7.